The first-order chi connectivity index (χ1) is 12.0. The van der Waals surface area contributed by atoms with Gasteiger partial charge < -0.3 is 20.3 Å². The Balaban J connectivity index is 1.93. The molecule has 0 saturated carbocycles. The number of nitrogens with two attached hydrogens (primary N) is 1. The van der Waals surface area contributed by atoms with E-state index in [1.54, 1.807) is 34.7 Å². The topological polar surface area (TPSA) is 75.9 Å². The first-order valence-electron chi connectivity index (χ1n) is 8.45. The summed E-state index contributed by atoms with van der Waals surface area (Å²) < 4.78 is 5.29. The van der Waals surface area contributed by atoms with Gasteiger partial charge in [0.1, 0.15) is 5.75 Å². The van der Waals surface area contributed by atoms with Crippen LogP contribution in [0.3, 0.4) is 0 Å². The van der Waals surface area contributed by atoms with Gasteiger partial charge in [0.2, 0.25) is 5.91 Å². The van der Waals surface area contributed by atoms with Crippen molar-refractivity contribution in [2.45, 2.75) is 19.4 Å². The number of amides is 2. The monoisotopic (exact) mass is 365 g/mol. The average molecular weight is 365 g/mol. The highest BCUT2D eigenvalue weighted by molar-refractivity contribution is 7.98. The van der Waals surface area contributed by atoms with E-state index in [0.29, 0.717) is 43.9 Å². The fourth-order valence-electron chi connectivity index (χ4n) is 2.87. The second-order valence-corrected chi connectivity index (χ2v) is 7.18. The van der Waals surface area contributed by atoms with Crippen LogP contribution in [0.2, 0.25) is 0 Å². The van der Waals surface area contributed by atoms with Crippen molar-refractivity contribution < 1.29 is 14.3 Å². The van der Waals surface area contributed by atoms with Crippen LogP contribution in [-0.2, 0) is 4.79 Å². The van der Waals surface area contributed by atoms with Crippen molar-refractivity contribution in [3.63, 3.8) is 0 Å². The van der Waals surface area contributed by atoms with Crippen molar-refractivity contribution in [3.05, 3.63) is 29.3 Å². The van der Waals surface area contributed by atoms with Crippen molar-refractivity contribution in [1.82, 2.24) is 9.80 Å². The number of methoxy groups -OCH3 is 1. The maximum atomic E-state index is 12.7. The summed E-state index contributed by atoms with van der Waals surface area (Å²) in [5.74, 6) is 1.54. The van der Waals surface area contributed by atoms with Crippen LogP contribution in [0.25, 0.3) is 0 Å². The van der Waals surface area contributed by atoms with Crippen molar-refractivity contribution in [1.29, 1.82) is 0 Å². The van der Waals surface area contributed by atoms with Gasteiger partial charge in [-0.05, 0) is 43.0 Å². The maximum absolute atomic E-state index is 12.7. The Kier molecular flexibility index (Phi) is 7.13. The van der Waals surface area contributed by atoms with Gasteiger partial charge in [-0.3, -0.25) is 9.59 Å². The van der Waals surface area contributed by atoms with Crippen LogP contribution in [0.5, 0.6) is 5.75 Å². The fourth-order valence-corrected chi connectivity index (χ4v) is 3.36. The molecule has 7 heteroatoms. The summed E-state index contributed by atoms with van der Waals surface area (Å²) in [6.45, 7) is 4.05. The lowest BCUT2D eigenvalue weighted by molar-refractivity contribution is -0.134. The standard InChI is InChI=1S/C18H27N3O3S/c1-13-4-5-14(12-16(13)24-2)17(22)20-7-9-21(10-8-20)18(23)15(19)6-11-25-3/h4-5,12,15H,6-11,19H2,1-3H3/t15-/m0/s1. The number of ether oxygens (including phenoxy) is 1. The smallest absolute Gasteiger partial charge is 0.254 e. The summed E-state index contributed by atoms with van der Waals surface area (Å²) in [4.78, 5) is 28.6. The fraction of sp³-hybridized carbons (Fsp3) is 0.556. The molecule has 0 aliphatic carbocycles. The zero-order chi connectivity index (χ0) is 18.4. The Hall–Kier alpha value is -1.73. The molecule has 0 aromatic heterocycles. The summed E-state index contributed by atoms with van der Waals surface area (Å²) in [7, 11) is 1.60. The number of nitrogens with zero attached hydrogens (tertiary/aromatic N) is 2. The molecule has 0 spiro atoms. The summed E-state index contributed by atoms with van der Waals surface area (Å²) >= 11 is 1.69. The highest BCUT2D eigenvalue weighted by Crippen LogP contribution is 2.20. The van der Waals surface area contributed by atoms with Crippen LogP contribution in [0.15, 0.2) is 18.2 Å². The van der Waals surface area contributed by atoms with Crippen molar-refractivity contribution >= 4 is 23.6 Å². The van der Waals surface area contributed by atoms with E-state index < -0.39 is 6.04 Å². The second-order valence-electron chi connectivity index (χ2n) is 6.19. The zero-order valence-electron chi connectivity index (χ0n) is 15.2. The predicted molar refractivity (Wildman–Crippen MR) is 101 cm³/mol. The van der Waals surface area contributed by atoms with Gasteiger partial charge >= 0.3 is 0 Å². The third-order valence-electron chi connectivity index (χ3n) is 4.48. The van der Waals surface area contributed by atoms with Gasteiger partial charge in [-0.25, -0.2) is 0 Å². The highest BCUT2D eigenvalue weighted by atomic mass is 32.2. The minimum atomic E-state index is -0.448. The number of thioether (sulfide) groups is 1. The molecule has 6 nitrogen and oxygen atoms in total. The Morgan fingerprint density at radius 3 is 2.48 bits per heavy atom. The number of aryl methyl sites for hydroxylation is 1. The number of hydrogen-bond acceptors (Lipinski definition) is 5. The lowest BCUT2D eigenvalue weighted by Gasteiger charge is -2.36. The summed E-state index contributed by atoms with van der Waals surface area (Å²) in [6.07, 6.45) is 2.68. The second kappa shape index (κ2) is 9.10. The molecular weight excluding hydrogens is 338 g/mol. The molecule has 0 bridgehead atoms. The Bertz CT molecular complexity index is 616. The van der Waals surface area contributed by atoms with E-state index in [0.717, 1.165) is 11.3 Å². The average Bonchev–Trinajstić information content (AvgIpc) is 2.65. The van der Waals surface area contributed by atoms with Crippen LogP contribution < -0.4 is 10.5 Å². The van der Waals surface area contributed by atoms with Gasteiger partial charge in [0.05, 0.1) is 13.2 Å². The number of carbonyl (C=O) groups excluding carboxylic acids is 2. The third-order valence-corrected chi connectivity index (χ3v) is 5.13. The molecule has 0 radical (unpaired) electrons. The molecule has 1 aliphatic rings. The lowest BCUT2D eigenvalue weighted by Crippen LogP contribution is -2.54. The molecule has 2 rings (SSSR count). The molecule has 1 saturated heterocycles. The van der Waals surface area contributed by atoms with Gasteiger partial charge in [0.25, 0.3) is 5.91 Å². The van der Waals surface area contributed by atoms with Gasteiger partial charge in [-0.1, -0.05) is 6.07 Å². The minimum absolute atomic E-state index is 0.0156. The van der Waals surface area contributed by atoms with Crippen molar-refractivity contribution in [2.75, 3.05) is 45.3 Å². The van der Waals surface area contributed by atoms with E-state index in [2.05, 4.69) is 0 Å². The Labute approximate surface area is 153 Å². The summed E-state index contributed by atoms with van der Waals surface area (Å²) in [5.41, 5.74) is 7.57. The Morgan fingerprint density at radius 2 is 1.88 bits per heavy atom. The molecule has 1 heterocycles. The maximum Gasteiger partial charge on any atom is 0.254 e. The molecule has 1 atom stereocenters. The van der Waals surface area contributed by atoms with E-state index in [-0.39, 0.29) is 11.8 Å². The lowest BCUT2D eigenvalue weighted by atomic mass is 10.1. The number of benzene rings is 1. The predicted octanol–water partition coefficient (Wildman–Crippen LogP) is 1.37. The number of hydrogen-bond donors (Lipinski definition) is 1. The highest BCUT2D eigenvalue weighted by Gasteiger charge is 2.27. The molecule has 25 heavy (non-hydrogen) atoms. The van der Waals surface area contributed by atoms with Crippen LogP contribution in [0.1, 0.15) is 22.3 Å². The molecule has 1 aromatic rings. The van der Waals surface area contributed by atoms with E-state index >= 15 is 0 Å². The van der Waals surface area contributed by atoms with Crippen LogP contribution in [-0.4, -0.2) is 73.0 Å². The first-order valence-corrected chi connectivity index (χ1v) is 9.84. The molecule has 1 aromatic carbocycles. The molecular formula is C18H27N3O3S. The quantitative estimate of drug-likeness (QED) is 0.824. The van der Waals surface area contributed by atoms with Crippen molar-refractivity contribution in [3.8, 4) is 5.75 Å². The third kappa shape index (κ3) is 4.89. The SMILES string of the molecule is COc1cc(C(=O)N2CCN(C(=O)[C@@H](N)CCSC)CC2)ccc1C. The summed E-state index contributed by atoms with van der Waals surface area (Å²) in [6, 6.07) is 5.02. The number of piperazine rings is 1. The van der Waals surface area contributed by atoms with Crippen LogP contribution in [0, 0.1) is 6.92 Å². The molecule has 2 N–H and O–H groups in total. The van der Waals surface area contributed by atoms with Gasteiger partial charge in [0.15, 0.2) is 0 Å². The largest absolute Gasteiger partial charge is 0.496 e. The Morgan fingerprint density at radius 1 is 1.24 bits per heavy atom. The van der Waals surface area contributed by atoms with E-state index in [1.165, 1.54) is 0 Å². The summed E-state index contributed by atoms with van der Waals surface area (Å²) in [5, 5.41) is 0. The van der Waals surface area contributed by atoms with Gasteiger partial charge in [0, 0.05) is 31.7 Å². The van der Waals surface area contributed by atoms with Crippen molar-refractivity contribution in [2.24, 2.45) is 5.73 Å². The zero-order valence-corrected chi connectivity index (χ0v) is 16.0. The van der Waals surface area contributed by atoms with E-state index in [9.17, 15) is 9.59 Å². The molecule has 1 aliphatic heterocycles. The minimum Gasteiger partial charge on any atom is -0.496 e. The number of rotatable bonds is 6. The molecule has 0 unspecified atom stereocenters. The van der Waals surface area contributed by atoms with Gasteiger partial charge in [-0.2, -0.15) is 11.8 Å². The molecule has 2 amide bonds. The number of carbonyl (C=O) groups is 2. The van der Waals surface area contributed by atoms with E-state index in [1.807, 2.05) is 25.3 Å². The van der Waals surface area contributed by atoms with Crippen LogP contribution >= 0.6 is 11.8 Å². The van der Waals surface area contributed by atoms with E-state index in [4.69, 9.17) is 10.5 Å². The first kappa shape index (κ1) is 19.6. The van der Waals surface area contributed by atoms with Crippen LogP contribution in [0.4, 0.5) is 0 Å². The molecule has 1 fully saturated rings. The normalized spacial score (nSPS) is 15.8. The van der Waals surface area contributed by atoms with Gasteiger partial charge in [-0.15, -0.1) is 0 Å². The molecule has 138 valence electrons.